The molecule has 0 aromatic rings. The minimum absolute atomic E-state index is 0.118. The van der Waals surface area contributed by atoms with Gasteiger partial charge in [0.05, 0.1) is 6.26 Å². The number of sulfonamides is 1. The van der Waals surface area contributed by atoms with Gasteiger partial charge in [0.2, 0.25) is 15.9 Å². The van der Waals surface area contributed by atoms with Gasteiger partial charge >= 0.3 is 0 Å². The van der Waals surface area contributed by atoms with E-state index < -0.39 is 10.0 Å². The maximum atomic E-state index is 11.8. The van der Waals surface area contributed by atoms with Crippen molar-refractivity contribution in [3.8, 4) is 0 Å². The molecule has 0 radical (unpaired) electrons. The van der Waals surface area contributed by atoms with Crippen LogP contribution < -0.4 is 5.32 Å². The molecule has 0 aromatic carbocycles. The molecule has 2 rings (SSSR count). The van der Waals surface area contributed by atoms with Gasteiger partial charge in [-0.2, -0.15) is 0 Å². The highest BCUT2D eigenvalue weighted by atomic mass is 32.2. The van der Waals surface area contributed by atoms with Crippen molar-refractivity contribution in [2.75, 3.05) is 25.9 Å². The van der Waals surface area contributed by atoms with Crippen LogP contribution in [0.3, 0.4) is 0 Å². The van der Waals surface area contributed by atoms with Gasteiger partial charge in [0.25, 0.3) is 0 Å². The average Bonchev–Trinajstić information content (AvgIpc) is 3.05. The molecule has 1 aliphatic carbocycles. The molecule has 1 saturated carbocycles. The fourth-order valence-electron chi connectivity index (χ4n) is 2.31. The predicted molar refractivity (Wildman–Crippen MR) is 69.5 cm³/mol. The van der Waals surface area contributed by atoms with E-state index in [1.165, 1.54) is 10.6 Å². The summed E-state index contributed by atoms with van der Waals surface area (Å²) in [4.78, 5) is 11.8. The predicted octanol–water partition coefficient (Wildman–Crippen LogP) is 0.574. The molecular formula is C12H22N2O3S. The monoisotopic (exact) mass is 274 g/mol. The molecule has 0 aromatic heterocycles. The lowest BCUT2D eigenvalue weighted by Gasteiger charge is -2.30. The molecule has 0 unspecified atom stereocenters. The van der Waals surface area contributed by atoms with Crippen molar-refractivity contribution in [3.05, 3.63) is 0 Å². The summed E-state index contributed by atoms with van der Waals surface area (Å²) < 4.78 is 24.2. The number of carbonyl (C=O) groups excluding carboxylic acids is 1. The fourth-order valence-corrected chi connectivity index (χ4v) is 3.18. The third-order valence-electron chi connectivity index (χ3n) is 4.14. The summed E-state index contributed by atoms with van der Waals surface area (Å²) in [7, 11) is -3.05. The zero-order valence-corrected chi connectivity index (χ0v) is 11.9. The zero-order valence-electron chi connectivity index (χ0n) is 11.1. The van der Waals surface area contributed by atoms with Gasteiger partial charge in [0.15, 0.2) is 0 Å². The second-order valence-corrected chi connectivity index (χ2v) is 7.86. The van der Waals surface area contributed by atoms with Crippen LogP contribution in [0.5, 0.6) is 0 Å². The lowest BCUT2D eigenvalue weighted by atomic mass is 9.97. The first kappa shape index (κ1) is 13.8. The molecule has 0 bridgehead atoms. The van der Waals surface area contributed by atoms with E-state index in [2.05, 4.69) is 5.32 Å². The van der Waals surface area contributed by atoms with Gasteiger partial charge in [0.1, 0.15) is 0 Å². The number of nitrogens with zero attached hydrogens (tertiary/aromatic N) is 1. The average molecular weight is 274 g/mol. The van der Waals surface area contributed by atoms with Crippen molar-refractivity contribution in [2.24, 2.45) is 11.3 Å². The van der Waals surface area contributed by atoms with Crippen molar-refractivity contribution in [2.45, 2.75) is 32.6 Å². The SMILES string of the molecule is CC1(C(=O)NCC2CCN(S(C)(=O)=O)CC2)CC1. The van der Waals surface area contributed by atoms with E-state index in [1.54, 1.807) is 0 Å². The standard InChI is InChI=1S/C12H22N2O3S/c1-12(5-6-12)11(15)13-9-10-3-7-14(8-4-10)18(2,16)17/h10H,3-9H2,1-2H3,(H,13,15). The minimum atomic E-state index is -3.05. The Hall–Kier alpha value is -0.620. The van der Waals surface area contributed by atoms with E-state index in [0.717, 1.165) is 25.7 Å². The van der Waals surface area contributed by atoms with Crippen LogP contribution in [0, 0.1) is 11.3 Å². The Labute approximate surface area is 109 Å². The van der Waals surface area contributed by atoms with Crippen molar-refractivity contribution in [1.82, 2.24) is 9.62 Å². The first-order valence-electron chi connectivity index (χ1n) is 6.55. The van der Waals surface area contributed by atoms with Gasteiger partial charge in [-0.05, 0) is 31.6 Å². The number of amides is 1. The molecule has 0 atom stereocenters. The highest BCUT2D eigenvalue weighted by Crippen LogP contribution is 2.45. The van der Waals surface area contributed by atoms with Gasteiger partial charge in [0, 0.05) is 25.0 Å². The van der Waals surface area contributed by atoms with Gasteiger partial charge in [-0.25, -0.2) is 12.7 Å². The van der Waals surface area contributed by atoms with Crippen LogP contribution >= 0.6 is 0 Å². The molecular weight excluding hydrogens is 252 g/mol. The summed E-state index contributed by atoms with van der Waals surface area (Å²) >= 11 is 0. The first-order valence-corrected chi connectivity index (χ1v) is 8.39. The summed E-state index contributed by atoms with van der Waals surface area (Å²) in [5, 5.41) is 3.00. The van der Waals surface area contributed by atoms with E-state index in [0.29, 0.717) is 25.6 Å². The van der Waals surface area contributed by atoms with E-state index in [4.69, 9.17) is 0 Å². The number of hydrogen-bond acceptors (Lipinski definition) is 3. The number of nitrogens with one attached hydrogen (secondary N) is 1. The minimum Gasteiger partial charge on any atom is -0.355 e. The largest absolute Gasteiger partial charge is 0.355 e. The molecule has 104 valence electrons. The Kier molecular flexibility index (Phi) is 3.69. The maximum absolute atomic E-state index is 11.8. The van der Waals surface area contributed by atoms with E-state index >= 15 is 0 Å². The molecule has 18 heavy (non-hydrogen) atoms. The van der Waals surface area contributed by atoms with E-state index in [-0.39, 0.29) is 11.3 Å². The van der Waals surface area contributed by atoms with Crippen molar-refractivity contribution in [3.63, 3.8) is 0 Å². The molecule has 1 aliphatic heterocycles. The summed E-state index contributed by atoms with van der Waals surface area (Å²) in [6.45, 7) is 3.84. The molecule has 1 amide bonds. The number of rotatable bonds is 4. The van der Waals surface area contributed by atoms with Crippen LogP contribution in [0.1, 0.15) is 32.6 Å². The summed E-state index contributed by atoms with van der Waals surface area (Å²) in [5.41, 5.74) is -0.118. The number of carbonyl (C=O) groups is 1. The van der Waals surface area contributed by atoms with Crippen LogP contribution in [0.25, 0.3) is 0 Å². The first-order chi connectivity index (χ1) is 8.31. The second kappa shape index (κ2) is 4.81. The number of hydrogen-bond donors (Lipinski definition) is 1. The highest BCUT2D eigenvalue weighted by molar-refractivity contribution is 7.88. The molecule has 5 nitrogen and oxygen atoms in total. The zero-order chi connectivity index (χ0) is 13.4. The lowest BCUT2D eigenvalue weighted by Crippen LogP contribution is -2.42. The quantitative estimate of drug-likeness (QED) is 0.815. The summed E-state index contributed by atoms with van der Waals surface area (Å²) in [5.74, 6) is 0.572. The summed E-state index contributed by atoms with van der Waals surface area (Å²) in [6, 6.07) is 0. The Morgan fingerprint density at radius 3 is 2.33 bits per heavy atom. The topological polar surface area (TPSA) is 66.5 Å². The van der Waals surface area contributed by atoms with E-state index in [9.17, 15) is 13.2 Å². The molecule has 6 heteroatoms. The van der Waals surface area contributed by atoms with Crippen LogP contribution in [0.15, 0.2) is 0 Å². The molecule has 2 fully saturated rings. The van der Waals surface area contributed by atoms with Gasteiger partial charge in [-0.3, -0.25) is 4.79 Å². The molecule has 1 heterocycles. The van der Waals surface area contributed by atoms with Gasteiger partial charge < -0.3 is 5.32 Å². The number of piperidine rings is 1. The van der Waals surface area contributed by atoms with Crippen molar-refractivity contribution in [1.29, 1.82) is 0 Å². The Morgan fingerprint density at radius 2 is 1.89 bits per heavy atom. The third-order valence-corrected chi connectivity index (χ3v) is 5.45. The van der Waals surface area contributed by atoms with Crippen molar-refractivity contribution < 1.29 is 13.2 Å². The van der Waals surface area contributed by atoms with Gasteiger partial charge in [-0.1, -0.05) is 6.92 Å². The van der Waals surface area contributed by atoms with Gasteiger partial charge in [-0.15, -0.1) is 0 Å². The molecule has 1 saturated heterocycles. The fraction of sp³-hybridized carbons (Fsp3) is 0.917. The van der Waals surface area contributed by atoms with Crippen molar-refractivity contribution >= 4 is 15.9 Å². The van der Waals surface area contributed by atoms with Crippen LogP contribution in [-0.4, -0.2) is 44.5 Å². The molecule has 0 spiro atoms. The smallest absolute Gasteiger partial charge is 0.225 e. The third kappa shape index (κ3) is 3.23. The normalized spacial score (nSPS) is 24.8. The maximum Gasteiger partial charge on any atom is 0.225 e. The molecule has 2 aliphatic rings. The second-order valence-electron chi connectivity index (χ2n) is 5.88. The van der Waals surface area contributed by atoms with E-state index in [1.807, 2.05) is 6.92 Å². The lowest BCUT2D eigenvalue weighted by molar-refractivity contribution is -0.125. The molecule has 1 N–H and O–H groups in total. The van der Waals surface area contributed by atoms with Crippen LogP contribution in [0.4, 0.5) is 0 Å². The summed E-state index contributed by atoms with van der Waals surface area (Å²) in [6.07, 6.45) is 4.91. The highest BCUT2D eigenvalue weighted by Gasteiger charge is 2.44. The van der Waals surface area contributed by atoms with Crippen LogP contribution in [-0.2, 0) is 14.8 Å². The Morgan fingerprint density at radius 1 is 1.33 bits per heavy atom. The van der Waals surface area contributed by atoms with Crippen LogP contribution in [0.2, 0.25) is 0 Å². The Balaban J connectivity index is 1.72. The Bertz CT molecular complexity index is 421.